The molecule has 2 rings (SSSR count). The van der Waals surface area contributed by atoms with Crippen LogP contribution in [0.1, 0.15) is 24.8 Å². The first-order valence-corrected chi connectivity index (χ1v) is 5.69. The zero-order valence-corrected chi connectivity index (χ0v) is 9.81. The fourth-order valence-electron chi connectivity index (χ4n) is 2.25. The number of nitrogens with two attached hydrogens (primary N) is 1. The largest absolute Gasteiger partial charge is 0.384 e. The van der Waals surface area contributed by atoms with Crippen LogP contribution in [0.5, 0.6) is 0 Å². The van der Waals surface area contributed by atoms with Crippen molar-refractivity contribution in [2.24, 2.45) is 0 Å². The van der Waals surface area contributed by atoms with E-state index in [0.717, 1.165) is 24.9 Å². The van der Waals surface area contributed by atoms with Crippen LogP contribution < -0.4 is 11.1 Å². The summed E-state index contributed by atoms with van der Waals surface area (Å²) in [5, 5.41) is 12.3. The van der Waals surface area contributed by atoms with Crippen LogP contribution in [0.4, 0.5) is 11.5 Å². The molecule has 5 nitrogen and oxygen atoms in total. The Hall–Kier alpha value is -1.80. The lowest BCUT2D eigenvalue weighted by molar-refractivity contribution is 0.101. The fraction of sp³-hybridized carbons (Fsp3) is 0.500. The molecule has 0 amide bonds. The molecule has 17 heavy (non-hydrogen) atoms. The van der Waals surface area contributed by atoms with Crippen LogP contribution in [0, 0.1) is 11.3 Å². The van der Waals surface area contributed by atoms with Crippen LogP contribution in [0.2, 0.25) is 0 Å². The lowest BCUT2D eigenvalue weighted by atomic mass is 10.1. The molecular formula is C12H16N4O. The van der Waals surface area contributed by atoms with Crippen molar-refractivity contribution in [2.45, 2.75) is 31.4 Å². The van der Waals surface area contributed by atoms with Crippen molar-refractivity contribution in [3.05, 3.63) is 17.8 Å². The lowest BCUT2D eigenvalue weighted by Crippen LogP contribution is -2.30. The van der Waals surface area contributed by atoms with Crippen LogP contribution in [0.15, 0.2) is 12.3 Å². The number of aromatic nitrogens is 1. The fourth-order valence-corrected chi connectivity index (χ4v) is 2.25. The van der Waals surface area contributed by atoms with E-state index >= 15 is 0 Å². The number of nitrogen functional groups attached to an aromatic ring is 1. The normalized spacial score (nSPS) is 23.3. The lowest BCUT2D eigenvalue weighted by Gasteiger charge is -2.21. The van der Waals surface area contributed by atoms with Gasteiger partial charge in [-0.15, -0.1) is 0 Å². The van der Waals surface area contributed by atoms with Crippen molar-refractivity contribution in [1.29, 1.82) is 5.26 Å². The van der Waals surface area contributed by atoms with Gasteiger partial charge in [-0.25, -0.2) is 4.98 Å². The van der Waals surface area contributed by atoms with E-state index in [0.29, 0.717) is 11.4 Å². The van der Waals surface area contributed by atoms with Gasteiger partial charge in [-0.05, 0) is 19.3 Å². The molecule has 0 bridgehead atoms. The van der Waals surface area contributed by atoms with Gasteiger partial charge in [0.1, 0.15) is 11.9 Å². The van der Waals surface area contributed by atoms with E-state index in [1.165, 1.54) is 6.20 Å². The van der Waals surface area contributed by atoms with Crippen molar-refractivity contribution in [3.8, 4) is 6.07 Å². The van der Waals surface area contributed by atoms with E-state index < -0.39 is 0 Å². The Morgan fingerprint density at radius 1 is 1.59 bits per heavy atom. The van der Waals surface area contributed by atoms with Gasteiger partial charge < -0.3 is 15.8 Å². The van der Waals surface area contributed by atoms with Crippen molar-refractivity contribution in [3.63, 3.8) is 0 Å². The molecular weight excluding hydrogens is 216 g/mol. The summed E-state index contributed by atoms with van der Waals surface area (Å²) >= 11 is 0. The second kappa shape index (κ2) is 5.02. The summed E-state index contributed by atoms with van der Waals surface area (Å²) in [4.78, 5) is 3.91. The van der Waals surface area contributed by atoms with Gasteiger partial charge in [-0.3, -0.25) is 0 Å². The molecule has 1 unspecified atom stereocenters. The van der Waals surface area contributed by atoms with Gasteiger partial charge in [-0.2, -0.15) is 5.26 Å². The molecule has 0 saturated heterocycles. The minimum Gasteiger partial charge on any atom is -0.384 e. The first-order valence-electron chi connectivity index (χ1n) is 5.69. The zero-order valence-electron chi connectivity index (χ0n) is 9.81. The van der Waals surface area contributed by atoms with E-state index in [4.69, 9.17) is 15.7 Å². The third-order valence-electron chi connectivity index (χ3n) is 3.14. The van der Waals surface area contributed by atoms with E-state index in [9.17, 15) is 0 Å². The molecule has 1 fully saturated rings. The van der Waals surface area contributed by atoms with Crippen molar-refractivity contribution < 1.29 is 4.74 Å². The summed E-state index contributed by atoms with van der Waals surface area (Å²) in [5.74, 6) is 0.415. The highest BCUT2D eigenvalue weighted by Gasteiger charge is 2.27. The van der Waals surface area contributed by atoms with Gasteiger partial charge in [0.05, 0.1) is 23.4 Å². The highest BCUT2D eigenvalue weighted by molar-refractivity contribution is 5.61. The maximum absolute atomic E-state index is 9.00. The molecule has 0 aromatic carbocycles. The average Bonchev–Trinajstić information content (AvgIpc) is 2.77. The molecule has 1 saturated carbocycles. The van der Waals surface area contributed by atoms with Gasteiger partial charge in [0.15, 0.2) is 0 Å². The third kappa shape index (κ3) is 2.48. The first-order chi connectivity index (χ1) is 8.24. The summed E-state index contributed by atoms with van der Waals surface area (Å²) in [7, 11) is 1.72. The Labute approximate surface area is 101 Å². The number of pyridine rings is 1. The van der Waals surface area contributed by atoms with Crippen LogP contribution in [-0.4, -0.2) is 24.2 Å². The molecule has 3 N–H and O–H groups in total. The second-order valence-electron chi connectivity index (χ2n) is 4.22. The number of methoxy groups -OCH3 is 1. The highest BCUT2D eigenvalue weighted by atomic mass is 16.5. The topological polar surface area (TPSA) is 84.0 Å². The molecule has 1 aliphatic carbocycles. The summed E-state index contributed by atoms with van der Waals surface area (Å²) < 4.78 is 5.41. The summed E-state index contributed by atoms with van der Waals surface area (Å²) in [5.41, 5.74) is 6.89. The molecule has 1 aromatic heterocycles. The monoisotopic (exact) mass is 232 g/mol. The molecule has 1 aromatic rings. The Balaban J connectivity index is 2.18. The minimum absolute atomic E-state index is 0.205. The van der Waals surface area contributed by atoms with E-state index in [1.807, 2.05) is 0 Å². The molecule has 0 spiro atoms. The number of ether oxygens (including phenoxy) is 1. The summed E-state index contributed by atoms with van der Waals surface area (Å²) in [6.07, 6.45) is 4.94. The number of anilines is 2. The molecule has 2 atom stereocenters. The Morgan fingerprint density at radius 3 is 3.12 bits per heavy atom. The first kappa shape index (κ1) is 11.7. The number of nitrogens with one attached hydrogen (secondary N) is 1. The van der Waals surface area contributed by atoms with Crippen LogP contribution in [-0.2, 0) is 4.74 Å². The quantitative estimate of drug-likeness (QED) is 0.825. The van der Waals surface area contributed by atoms with E-state index in [2.05, 4.69) is 16.4 Å². The molecule has 90 valence electrons. The second-order valence-corrected chi connectivity index (χ2v) is 4.22. The Morgan fingerprint density at radius 2 is 2.41 bits per heavy atom. The number of hydrogen-bond donors (Lipinski definition) is 2. The number of rotatable bonds is 3. The molecule has 1 aliphatic rings. The van der Waals surface area contributed by atoms with Crippen molar-refractivity contribution >= 4 is 11.5 Å². The molecule has 1 heterocycles. The maximum Gasteiger partial charge on any atom is 0.125 e. The SMILES string of the molecule is CO[C@@H]1CCCC1Nc1cc(N)ncc1C#N. The van der Waals surface area contributed by atoms with Gasteiger partial charge in [0.2, 0.25) is 0 Å². The van der Waals surface area contributed by atoms with Crippen LogP contribution >= 0.6 is 0 Å². The van der Waals surface area contributed by atoms with Crippen LogP contribution in [0.3, 0.4) is 0 Å². The smallest absolute Gasteiger partial charge is 0.125 e. The minimum atomic E-state index is 0.205. The predicted octanol–water partition coefficient (Wildman–Crippen LogP) is 1.51. The predicted molar refractivity (Wildman–Crippen MR) is 65.4 cm³/mol. The van der Waals surface area contributed by atoms with Gasteiger partial charge in [-0.1, -0.05) is 0 Å². The van der Waals surface area contributed by atoms with Gasteiger partial charge in [0.25, 0.3) is 0 Å². The number of nitriles is 1. The van der Waals surface area contributed by atoms with Gasteiger partial charge >= 0.3 is 0 Å². The number of nitrogens with zero attached hydrogens (tertiary/aromatic N) is 2. The standard InChI is InChI=1S/C12H16N4O/c1-17-11-4-2-3-9(11)16-10-5-12(14)15-7-8(10)6-13/h5,7,9,11H,2-4H2,1H3,(H3,14,15,16)/t9?,11-/m1/s1. The maximum atomic E-state index is 9.00. The van der Waals surface area contributed by atoms with Crippen molar-refractivity contribution in [1.82, 2.24) is 4.98 Å². The molecule has 0 radical (unpaired) electrons. The highest BCUT2D eigenvalue weighted by Crippen LogP contribution is 2.26. The summed E-state index contributed by atoms with van der Waals surface area (Å²) in [6, 6.07) is 4.05. The Kier molecular flexibility index (Phi) is 3.45. The third-order valence-corrected chi connectivity index (χ3v) is 3.14. The van der Waals surface area contributed by atoms with E-state index in [1.54, 1.807) is 13.2 Å². The zero-order chi connectivity index (χ0) is 12.3. The van der Waals surface area contributed by atoms with Crippen molar-refractivity contribution in [2.75, 3.05) is 18.2 Å². The Bertz CT molecular complexity index is 441. The van der Waals surface area contributed by atoms with Crippen LogP contribution in [0.25, 0.3) is 0 Å². The summed E-state index contributed by atoms with van der Waals surface area (Å²) in [6.45, 7) is 0. The average molecular weight is 232 g/mol. The number of hydrogen-bond acceptors (Lipinski definition) is 5. The molecule has 5 heteroatoms. The molecule has 0 aliphatic heterocycles. The van der Waals surface area contributed by atoms with Gasteiger partial charge in [0, 0.05) is 19.4 Å². The van der Waals surface area contributed by atoms with E-state index in [-0.39, 0.29) is 12.1 Å².